The van der Waals surface area contributed by atoms with Gasteiger partial charge in [0.2, 0.25) is 0 Å². The normalized spacial score (nSPS) is 9.64. The van der Waals surface area contributed by atoms with Gasteiger partial charge in [-0.1, -0.05) is 24.3 Å². The second-order valence-corrected chi connectivity index (χ2v) is 4.80. The van der Waals surface area contributed by atoms with Gasteiger partial charge in [0.25, 0.3) is 5.09 Å². The monoisotopic (exact) mass is 366 g/mol. The molecule has 0 aliphatic carbocycles. The minimum absolute atomic E-state index is 0. The smallest absolute Gasteiger partial charge is 0.339 e. The molecule has 132 valence electrons. The summed E-state index contributed by atoms with van der Waals surface area (Å²) in [5.74, 6) is -0.880. The topological polar surface area (TPSA) is 109 Å². The van der Waals surface area contributed by atoms with Crippen LogP contribution in [0.4, 0.5) is 0 Å². The molecule has 0 amide bonds. The maximum absolute atomic E-state index is 12.1. The zero-order chi connectivity index (χ0) is 17.5. The highest BCUT2D eigenvalue weighted by molar-refractivity contribution is 6.05. The lowest BCUT2D eigenvalue weighted by atomic mass is 10.0. The van der Waals surface area contributed by atoms with Gasteiger partial charge in [0.1, 0.15) is 13.2 Å². The van der Waals surface area contributed by atoms with Gasteiger partial charge >= 0.3 is 5.97 Å². The second kappa shape index (κ2) is 9.33. The average Bonchev–Trinajstić information content (AvgIpc) is 2.58. The molecule has 0 atom stereocenters. The van der Waals surface area contributed by atoms with E-state index >= 15 is 0 Å². The van der Waals surface area contributed by atoms with Crippen LogP contribution in [0, 0.1) is 10.1 Å². The first-order chi connectivity index (χ1) is 11.5. The fourth-order valence-corrected chi connectivity index (χ4v) is 1.99. The summed E-state index contributed by atoms with van der Waals surface area (Å²) < 4.78 is 5.16. The van der Waals surface area contributed by atoms with Gasteiger partial charge in [-0.3, -0.25) is 9.78 Å². The van der Waals surface area contributed by atoms with Gasteiger partial charge in [-0.2, -0.15) is 0 Å². The van der Waals surface area contributed by atoms with Crippen molar-refractivity contribution in [1.82, 2.24) is 4.98 Å². The molecule has 0 radical (unpaired) electrons. The third-order valence-corrected chi connectivity index (χ3v) is 3.06. The highest BCUT2D eigenvalue weighted by Crippen LogP contribution is 2.12. The molecule has 0 aliphatic rings. The van der Waals surface area contributed by atoms with Crippen LogP contribution >= 0.6 is 12.4 Å². The molecule has 25 heavy (non-hydrogen) atoms. The standard InChI is InChI=1S/C16H14N2O6.ClH/c1-11(19)14-7-2-3-8-15(14)16(20)23-9-12-5-4-6-13(17-12)10-24-18(21)22;/h2-8H,9-10H2,1H3;1H. The molecule has 0 unspecified atom stereocenters. The van der Waals surface area contributed by atoms with Crippen LogP contribution in [0.5, 0.6) is 0 Å². The SMILES string of the molecule is CC(=O)c1ccccc1C(=O)OCc1cccc(CO[N+](=O)[O-])n1.Cl. The Morgan fingerprint density at radius 1 is 1.04 bits per heavy atom. The highest BCUT2D eigenvalue weighted by atomic mass is 35.5. The van der Waals surface area contributed by atoms with E-state index in [0.29, 0.717) is 11.4 Å². The molecule has 0 saturated heterocycles. The molecule has 0 bridgehead atoms. The van der Waals surface area contributed by atoms with E-state index in [1.165, 1.54) is 13.0 Å². The molecule has 1 aromatic heterocycles. The Labute approximate surface area is 149 Å². The summed E-state index contributed by atoms with van der Waals surface area (Å²) in [5, 5.41) is 9.27. The zero-order valence-corrected chi connectivity index (χ0v) is 14.0. The van der Waals surface area contributed by atoms with Crippen LogP contribution in [0.15, 0.2) is 42.5 Å². The molecule has 1 aromatic carbocycles. The molecule has 0 fully saturated rings. The molecular formula is C16H15ClN2O6. The number of carbonyl (C=O) groups is 2. The quantitative estimate of drug-likeness (QED) is 0.321. The van der Waals surface area contributed by atoms with Crippen LogP contribution in [0.3, 0.4) is 0 Å². The van der Waals surface area contributed by atoms with Crippen molar-refractivity contribution in [2.75, 3.05) is 0 Å². The molecular weight excluding hydrogens is 352 g/mol. The summed E-state index contributed by atoms with van der Waals surface area (Å²) in [6, 6.07) is 11.1. The van der Waals surface area contributed by atoms with Crippen molar-refractivity contribution < 1.29 is 24.3 Å². The Hall–Kier alpha value is -3.00. The van der Waals surface area contributed by atoms with Gasteiger partial charge in [-0.25, -0.2) is 4.79 Å². The number of ether oxygens (including phenoxy) is 1. The predicted octanol–water partition coefficient (Wildman–Crippen LogP) is 2.77. The maximum Gasteiger partial charge on any atom is 0.339 e. The minimum atomic E-state index is -0.910. The average molecular weight is 367 g/mol. The zero-order valence-electron chi connectivity index (χ0n) is 13.2. The number of aromatic nitrogens is 1. The van der Waals surface area contributed by atoms with E-state index in [0.717, 1.165) is 0 Å². The predicted molar refractivity (Wildman–Crippen MR) is 88.8 cm³/mol. The summed E-state index contributed by atoms with van der Waals surface area (Å²) >= 11 is 0. The van der Waals surface area contributed by atoms with E-state index in [1.54, 1.807) is 36.4 Å². The van der Waals surface area contributed by atoms with E-state index < -0.39 is 11.1 Å². The van der Waals surface area contributed by atoms with Gasteiger partial charge in [0.05, 0.1) is 17.0 Å². The molecule has 0 saturated carbocycles. The molecule has 0 spiro atoms. The molecule has 2 rings (SSSR count). The summed E-state index contributed by atoms with van der Waals surface area (Å²) in [4.78, 5) is 42.2. The van der Waals surface area contributed by atoms with E-state index in [2.05, 4.69) is 9.82 Å². The van der Waals surface area contributed by atoms with Crippen molar-refractivity contribution >= 4 is 24.2 Å². The van der Waals surface area contributed by atoms with Gasteiger partial charge in [0.15, 0.2) is 5.78 Å². The van der Waals surface area contributed by atoms with Crippen molar-refractivity contribution in [2.24, 2.45) is 0 Å². The van der Waals surface area contributed by atoms with Crippen LogP contribution in [0.2, 0.25) is 0 Å². The van der Waals surface area contributed by atoms with Crippen LogP contribution < -0.4 is 0 Å². The summed E-state index contributed by atoms with van der Waals surface area (Å²) in [5.41, 5.74) is 1.21. The van der Waals surface area contributed by atoms with Crippen molar-refractivity contribution in [1.29, 1.82) is 0 Å². The minimum Gasteiger partial charge on any atom is -0.456 e. The van der Waals surface area contributed by atoms with Gasteiger partial charge in [-0.15, -0.1) is 22.5 Å². The Bertz CT molecular complexity index is 781. The second-order valence-electron chi connectivity index (χ2n) is 4.80. The lowest BCUT2D eigenvalue weighted by Crippen LogP contribution is -2.11. The van der Waals surface area contributed by atoms with Crippen molar-refractivity contribution in [3.63, 3.8) is 0 Å². The fourth-order valence-electron chi connectivity index (χ4n) is 1.99. The Kier molecular flexibility index (Phi) is 7.48. The number of ketones is 1. The number of pyridine rings is 1. The van der Waals surface area contributed by atoms with Crippen LogP contribution in [-0.2, 0) is 22.8 Å². The number of esters is 1. The van der Waals surface area contributed by atoms with Gasteiger partial charge < -0.3 is 9.57 Å². The molecule has 2 aromatic rings. The van der Waals surface area contributed by atoms with Crippen LogP contribution in [-0.4, -0.2) is 21.8 Å². The third-order valence-electron chi connectivity index (χ3n) is 3.06. The van der Waals surface area contributed by atoms with E-state index in [9.17, 15) is 19.7 Å². The molecule has 9 heteroatoms. The first-order valence-corrected chi connectivity index (χ1v) is 6.96. The number of hydrogen-bond acceptors (Lipinski definition) is 7. The Balaban J connectivity index is 0.00000312. The number of nitrogens with zero attached hydrogens (tertiary/aromatic N) is 2. The number of hydrogen-bond donors (Lipinski definition) is 0. The maximum atomic E-state index is 12.1. The number of Topliss-reactive ketones (excluding diaryl/α,β-unsaturated/α-hetero) is 1. The van der Waals surface area contributed by atoms with Crippen LogP contribution in [0.25, 0.3) is 0 Å². The highest BCUT2D eigenvalue weighted by Gasteiger charge is 2.15. The van der Waals surface area contributed by atoms with Crippen LogP contribution in [0.1, 0.15) is 39.0 Å². The lowest BCUT2D eigenvalue weighted by molar-refractivity contribution is -0.763. The third kappa shape index (κ3) is 5.85. The number of benzene rings is 1. The summed E-state index contributed by atoms with van der Waals surface area (Å²) in [7, 11) is 0. The van der Waals surface area contributed by atoms with Gasteiger partial charge in [0, 0.05) is 5.56 Å². The van der Waals surface area contributed by atoms with Gasteiger partial charge in [-0.05, 0) is 25.1 Å². The number of rotatable bonds is 7. The number of carbonyl (C=O) groups excluding carboxylic acids is 2. The fraction of sp³-hybridized carbons (Fsp3) is 0.188. The Morgan fingerprint density at radius 3 is 2.24 bits per heavy atom. The largest absolute Gasteiger partial charge is 0.456 e. The molecule has 1 heterocycles. The first kappa shape index (κ1) is 20.0. The molecule has 0 aliphatic heterocycles. The summed E-state index contributed by atoms with van der Waals surface area (Å²) in [6.07, 6.45) is 0. The molecule has 8 nitrogen and oxygen atoms in total. The van der Waals surface area contributed by atoms with E-state index in [4.69, 9.17) is 4.74 Å². The first-order valence-electron chi connectivity index (χ1n) is 6.96. The molecule has 0 N–H and O–H groups in total. The lowest BCUT2D eigenvalue weighted by Gasteiger charge is -2.08. The number of halogens is 1. The summed E-state index contributed by atoms with van der Waals surface area (Å²) in [6.45, 7) is 0.950. The van der Waals surface area contributed by atoms with Crippen molar-refractivity contribution in [3.05, 3.63) is 75.1 Å². The van der Waals surface area contributed by atoms with E-state index in [-0.39, 0.29) is 42.5 Å². The van der Waals surface area contributed by atoms with Crippen molar-refractivity contribution in [3.8, 4) is 0 Å². The van der Waals surface area contributed by atoms with Crippen molar-refractivity contribution in [2.45, 2.75) is 20.1 Å². The Morgan fingerprint density at radius 2 is 1.64 bits per heavy atom. The van der Waals surface area contributed by atoms with E-state index in [1.807, 2.05) is 0 Å².